The lowest BCUT2D eigenvalue weighted by atomic mass is 9.98. The molecule has 3 aromatic carbocycles. The third kappa shape index (κ3) is 5.30. The fourth-order valence-corrected chi connectivity index (χ4v) is 4.60. The van der Waals surface area contributed by atoms with E-state index in [9.17, 15) is 9.59 Å². The first kappa shape index (κ1) is 22.9. The first-order valence-corrected chi connectivity index (χ1v) is 12.0. The van der Waals surface area contributed by atoms with Crippen LogP contribution in [0.5, 0.6) is 5.75 Å². The summed E-state index contributed by atoms with van der Waals surface area (Å²) >= 11 is 0. The number of fused-ring (bicyclic) bond motifs is 1. The van der Waals surface area contributed by atoms with Crippen molar-refractivity contribution in [3.63, 3.8) is 0 Å². The highest BCUT2D eigenvalue weighted by molar-refractivity contribution is 5.86. The number of anilines is 1. The summed E-state index contributed by atoms with van der Waals surface area (Å²) in [7, 11) is 0. The Morgan fingerprint density at radius 3 is 2.11 bits per heavy atom. The molecule has 1 atom stereocenters. The molecule has 7 nitrogen and oxygen atoms in total. The van der Waals surface area contributed by atoms with Gasteiger partial charge in [0.25, 0.3) is 5.91 Å². The molecule has 2 aliphatic rings. The molecule has 1 N–H and O–H groups in total. The zero-order valence-electron chi connectivity index (χ0n) is 19.5. The first-order valence-electron chi connectivity index (χ1n) is 12.0. The molecule has 180 valence electrons. The number of nitrogens with zero attached hydrogens (tertiary/aromatic N) is 2. The van der Waals surface area contributed by atoms with Gasteiger partial charge in [-0.1, -0.05) is 72.8 Å². The minimum Gasteiger partial charge on any atom is -0.477 e. The molecule has 0 aromatic heterocycles. The summed E-state index contributed by atoms with van der Waals surface area (Å²) < 4.78 is 11.5. The third-order valence-electron chi connectivity index (χ3n) is 6.37. The highest BCUT2D eigenvalue weighted by atomic mass is 16.5. The van der Waals surface area contributed by atoms with Crippen LogP contribution in [0.3, 0.4) is 0 Å². The van der Waals surface area contributed by atoms with Gasteiger partial charge in [0.05, 0.1) is 38.0 Å². The zero-order chi connectivity index (χ0) is 24.0. The highest BCUT2D eigenvalue weighted by Gasteiger charge is 2.35. The lowest BCUT2D eigenvalue weighted by Gasteiger charge is -2.38. The molecule has 0 bridgehead atoms. The Morgan fingerprint density at radius 1 is 0.857 bits per heavy atom. The second kappa shape index (κ2) is 10.6. The predicted octanol–water partition coefficient (Wildman–Crippen LogP) is 3.02. The van der Waals surface area contributed by atoms with E-state index < -0.39 is 6.10 Å². The van der Waals surface area contributed by atoms with Crippen molar-refractivity contribution in [2.24, 2.45) is 0 Å². The molecule has 2 heterocycles. The lowest BCUT2D eigenvalue weighted by molar-refractivity contribution is -0.142. The van der Waals surface area contributed by atoms with Crippen molar-refractivity contribution in [2.45, 2.75) is 12.1 Å². The van der Waals surface area contributed by atoms with E-state index >= 15 is 0 Å². The number of amides is 2. The van der Waals surface area contributed by atoms with Crippen LogP contribution in [0.2, 0.25) is 0 Å². The predicted molar refractivity (Wildman–Crippen MR) is 133 cm³/mol. The van der Waals surface area contributed by atoms with E-state index in [0.717, 1.165) is 16.8 Å². The number of hydrogen-bond donors (Lipinski definition) is 1. The van der Waals surface area contributed by atoms with Crippen molar-refractivity contribution in [1.82, 2.24) is 10.2 Å². The summed E-state index contributed by atoms with van der Waals surface area (Å²) in [5.41, 5.74) is 2.83. The Kier molecular flexibility index (Phi) is 6.95. The van der Waals surface area contributed by atoms with E-state index in [4.69, 9.17) is 9.47 Å². The Morgan fingerprint density at radius 2 is 1.46 bits per heavy atom. The van der Waals surface area contributed by atoms with Gasteiger partial charge in [0, 0.05) is 13.1 Å². The second-order valence-corrected chi connectivity index (χ2v) is 8.71. The SMILES string of the molecule is O=C(CN1C[C@H](C(=O)N2CCOCC2)Oc2ccccc21)NC(c1ccccc1)c1ccccc1. The molecular weight excluding hydrogens is 442 g/mol. The number of benzene rings is 3. The van der Waals surface area contributed by atoms with Gasteiger partial charge >= 0.3 is 0 Å². The van der Waals surface area contributed by atoms with Crippen molar-refractivity contribution in [3.8, 4) is 5.75 Å². The molecule has 5 rings (SSSR count). The molecule has 2 aliphatic heterocycles. The number of para-hydroxylation sites is 2. The van der Waals surface area contributed by atoms with Crippen LogP contribution in [-0.2, 0) is 14.3 Å². The third-order valence-corrected chi connectivity index (χ3v) is 6.37. The molecule has 0 spiro atoms. The van der Waals surface area contributed by atoms with Crippen LogP contribution < -0.4 is 15.0 Å². The van der Waals surface area contributed by atoms with Gasteiger partial charge in [0.1, 0.15) is 5.75 Å². The maximum atomic E-state index is 13.4. The van der Waals surface area contributed by atoms with E-state index in [1.807, 2.05) is 89.8 Å². The highest BCUT2D eigenvalue weighted by Crippen LogP contribution is 2.33. The fraction of sp³-hybridized carbons (Fsp3) is 0.286. The van der Waals surface area contributed by atoms with E-state index in [0.29, 0.717) is 38.6 Å². The molecule has 3 aromatic rings. The van der Waals surface area contributed by atoms with Crippen LogP contribution in [0.4, 0.5) is 5.69 Å². The van der Waals surface area contributed by atoms with Crippen LogP contribution in [0.25, 0.3) is 0 Å². The summed E-state index contributed by atoms with van der Waals surface area (Å²) in [6.45, 7) is 2.59. The summed E-state index contributed by atoms with van der Waals surface area (Å²) in [5, 5.41) is 3.20. The van der Waals surface area contributed by atoms with Crippen molar-refractivity contribution < 1.29 is 19.1 Å². The van der Waals surface area contributed by atoms with Gasteiger partial charge in [-0.25, -0.2) is 0 Å². The van der Waals surface area contributed by atoms with Crippen molar-refractivity contribution in [1.29, 1.82) is 0 Å². The van der Waals surface area contributed by atoms with Gasteiger partial charge in [0.2, 0.25) is 5.91 Å². The van der Waals surface area contributed by atoms with E-state index in [-0.39, 0.29) is 24.4 Å². The van der Waals surface area contributed by atoms with Gasteiger partial charge in [-0.2, -0.15) is 0 Å². The van der Waals surface area contributed by atoms with Crippen LogP contribution in [0.15, 0.2) is 84.9 Å². The molecule has 35 heavy (non-hydrogen) atoms. The Balaban J connectivity index is 1.34. The monoisotopic (exact) mass is 471 g/mol. The number of hydrogen-bond acceptors (Lipinski definition) is 5. The number of carbonyl (C=O) groups excluding carboxylic acids is 2. The quantitative estimate of drug-likeness (QED) is 0.599. The van der Waals surface area contributed by atoms with Gasteiger partial charge in [-0.15, -0.1) is 0 Å². The number of carbonyl (C=O) groups is 2. The van der Waals surface area contributed by atoms with Gasteiger partial charge in [0.15, 0.2) is 6.10 Å². The average molecular weight is 472 g/mol. The Bertz CT molecular complexity index is 1110. The van der Waals surface area contributed by atoms with E-state index in [1.54, 1.807) is 4.90 Å². The molecule has 0 aliphatic carbocycles. The number of rotatable bonds is 6. The zero-order valence-corrected chi connectivity index (χ0v) is 19.5. The van der Waals surface area contributed by atoms with Crippen molar-refractivity contribution in [3.05, 3.63) is 96.1 Å². The van der Waals surface area contributed by atoms with Crippen LogP contribution in [-0.4, -0.2) is 62.2 Å². The second-order valence-electron chi connectivity index (χ2n) is 8.71. The average Bonchev–Trinajstić information content (AvgIpc) is 2.92. The molecule has 1 saturated heterocycles. The van der Waals surface area contributed by atoms with Gasteiger partial charge in [-0.05, 0) is 23.3 Å². The first-order chi connectivity index (χ1) is 17.2. The number of ether oxygens (including phenoxy) is 2. The molecule has 0 radical (unpaired) electrons. The van der Waals surface area contributed by atoms with Crippen molar-refractivity contribution in [2.75, 3.05) is 44.3 Å². The fourth-order valence-electron chi connectivity index (χ4n) is 4.60. The maximum absolute atomic E-state index is 13.4. The smallest absolute Gasteiger partial charge is 0.265 e. The number of nitrogens with one attached hydrogen (secondary N) is 1. The largest absolute Gasteiger partial charge is 0.477 e. The maximum Gasteiger partial charge on any atom is 0.265 e. The van der Waals surface area contributed by atoms with Crippen molar-refractivity contribution >= 4 is 17.5 Å². The molecule has 2 amide bonds. The summed E-state index contributed by atoms with van der Waals surface area (Å²) in [6.07, 6.45) is -0.671. The minimum absolute atomic E-state index is 0.0698. The molecule has 0 saturated carbocycles. The summed E-state index contributed by atoms with van der Waals surface area (Å²) in [6, 6.07) is 27.1. The lowest BCUT2D eigenvalue weighted by Crippen LogP contribution is -2.54. The van der Waals surface area contributed by atoms with Crippen LogP contribution in [0.1, 0.15) is 17.2 Å². The normalized spacial score (nSPS) is 17.5. The minimum atomic E-state index is -0.671. The number of morpholine rings is 1. The Labute approximate surface area is 205 Å². The summed E-state index contributed by atoms with van der Waals surface area (Å²) in [5.74, 6) is 0.414. The topological polar surface area (TPSA) is 71.1 Å². The van der Waals surface area contributed by atoms with E-state index in [2.05, 4.69) is 5.32 Å². The van der Waals surface area contributed by atoms with Gasteiger partial charge < -0.3 is 24.6 Å². The van der Waals surface area contributed by atoms with Crippen LogP contribution >= 0.6 is 0 Å². The molecule has 1 fully saturated rings. The standard InChI is InChI=1S/C28H29N3O4/c32-26(29-27(21-9-3-1-4-10-21)22-11-5-2-6-12-22)20-31-19-25(28(33)30-15-17-34-18-16-30)35-24-14-8-7-13-23(24)31/h1-14,25,27H,15-20H2,(H,29,32)/t25-/m1/s1. The summed E-state index contributed by atoms with van der Waals surface area (Å²) in [4.78, 5) is 30.2. The molecule has 0 unspecified atom stereocenters. The Hall–Kier alpha value is -3.84. The van der Waals surface area contributed by atoms with E-state index in [1.165, 1.54) is 0 Å². The van der Waals surface area contributed by atoms with Gasteiger partial charge in [-0.3, -0.25) is 9.59 Å². The van der Waals surface area contributed by atoms with Crippen LogP contribution in [0, 0.1) is 0 Å². The molecular formula is C28H29N3O4. The molecule has 7 heteroatoms.